The summed E-state index contributed by atoms with van der Waals surface area (Å²) in [4.78, 5) is 7.27. The fraction of sp³-hybridized carbons (Fsp3) is 0.706. The lowest BCUT2D eigenvalue weighted by Gasteiger charge is -2.24. The van der Waals surface area contributed by atoms with Crippen molar-refractivity contribution in [3.05, 3.63) is 23.4 Å². The Labute approximate surface area is 122 Å². The number of nitrogens with zero attached hydrogens (tertiary/aromatic N) is 2. The highest BCUT2D eigenvalue weighted by atomic mass is 15.2. The number of nitrogens with one attached hydrogen (secondary N) is 1. The Morgan fingerprint density at radius 3 is 2.70 bits per heavy atom. The fourth-order valence-corrected chi connectivity index (χ4v) is 2.72. The topological polar surface area (TPSA) is 28.2 Å². The molecule has 1 heterocycles. The van der Waals surface area contributed by atoms with E-state index in [1.807, 2.05) is 0 Å². The summed E-state index contributed by atoms with van der Waals surface area (Å²) >= 11 is 0. The van der Waals surface area contributed by atoms with Crippen molar-refractivity contribution in [3.8, 4) is 0 Å². The molecule has 0 bridgehead atoms. The lowest BCUT2D eigenvalue weighted by molar-refractivity contribution is 0.679. The number of pyridine rings is 1. The van der Waals surface area contributed by atoms with Crippen LogP contribution in [0.25, 0.3) is 0 Å². The van der Waals surface area contributed by atoms with Gasteiger partial charge in [-0.2, -0.15) is 0 Å². The quantitative estimate of drug-likeness (QED) is 0.788. The molecule has 0 spiro atoms. The molecule has 0 aromatic carbocycles. The number of hydrogen-bond donors (Lipinski definition) is 1. The van der Waals surface area contributed by atoms with Crippen molar-refractivity contribution in [1.29, 1.82) is 0 Å². The van der Waals surface area contributed by atoms with Crippen molar-refractivity contribution in [2.45, 2.75) is 58.5 Å². The zero-order chi connectivity index (χ0) is 13.9. The average molecular weight is 273 g/mol. The van der Waals surface area contributed by atoms with Crippen LogP contribution in [0.3, 0.4) is 0 Å². The van der Waals surface area contributed by atoms with Gasteiger partial charge in [0, 0.05) is 31.4 Å². The molecule has 3 heteroatoms. The zero-order valence-electron chi connectivity index (χ0n) is 12.9. The molecular weight excluding hydrogens is 246 g/mol. The first-order valence-electron chi connectivity index (χ1n) is 8.20. The molecule has 2 aliphatic rings. The molecular formula is C17H27N3. The summed E-state index contributed by atoms with van der Waals surface area (Å²) in [7, 11) is 0. The van der Waals surface area contributed by atoms with Crippen LogP contribution < -0.4 is 10.2 Å². The van der Waals surface area contributed by atoms with E-state index in [0.717, 1.165) is 30.7 Å². The predicted molar refractivity (Wildman–Crippen MR) is 84.1 cm³/mol. The first-order valence-corrected chi connectivity index (χ1v) is 8.20. The van der Waals surface area contributed by atoms with Crippen LogP contribution in [0.15, 0.2) is 12.1 Å². The van der Waals surface area contributed by atoms with Crippen LogP contribution in [0.4, 0.5) is 5.82 Å². The van der Waals surface area contributed by atoms with Gasteiger partial charge in [-0.3, -0.25) is 0 Å². The lowest BCUT2D eigenvalue weighted by atomic mass is 10.2. The molecule has 0 radical (unpaired) electrons. The number of anilines is 1. The van der Waals surface area contributed by atoms with Crippen molar-refractivity contribution in [2.75, 3.05) is 18.0 Å². The minimum atomic E-state index is 0.769. The normalized spacial score (nSPS) is 18.3. The molecule has 0 amide bonds. The maximum Gasteiger partial charge on any atom is 0.129 e. The predicted octanol–water partition coefficient (Wildman–Crippen LogP) is 3.27. The molecule has 3 rings (SSSR count). The summed E-state index contributed by atoms with van der Waals surface area (Å²) in [6.45, 7) is 7.68. The summed E-state index contributed by atoms with van der Waals surface area (Å²) in [6.07, 6.45) is 6.70. The highest BCUT2D eigenvalue weighted by Crippen LogP contribution is 2.31. The van der Waals surface area contributed by atoms with E-state index in [-0.39, 0.29) is 0 Å². The summed E-state index contributed by atoms with van der Waals surface area (Å²) in [6, 6.07) is 5.28. The Balaban J connectivity index is 1.70. The summed E-state index contributed by atoms with van der Waals surface area (Å²) < 4.78 is 0. The van der Waals surface area contributed by atoms with Gasteiger partial charge in [0.2, 0.25) is 0 Å². The third-order valence-corrected chi connectivity index (χ3v) is 4.16. The van der Waals surface area contributed by atoms with Crippen molar-refractivity contribution in [3.63, 3.8) is 0 Å². The molecule has 2 fully saturated rings. The molecule has 0 aliphatic heterocycles. The van der Waals surface area contributed by atoms with Crippen LogP contribution in [0, 0.1) is 12.8 Å². The first kappa shape index (κ1) is 13.9. The van der Waals surface area contributed by atoms with Crippen LogP contribution in [0.5, 0.6) is 0 Å². The number of hydrogen-bond acceptors (Lipinski definition) is 3. The van der Waals surface area contributed by atoms with Crippen LogP contribution in [0.1, 0.15) is 50.3 Å². The Kier molecular flexibility index (Phi) is 4.25. The summed E-state index contributed by atoms with van der Waals surface area (Å²) in [5, 5.41) is 3.61. The van der Waals surface area contributed by atoms with Gasteiger partial charge in [-0.1, -0.05) is 6.92 Å². The molecule has 2 aliphatic carbocycles. The molecule has 3 nitrogen and oxygen atoms in total. The second kappa shape index (κ2) is 6.13. The SMILES string of the molecule is CCCN(CC1CC1)c1cc(CNC2CC2)cc(C)n1. The Hall–Kier alpha value is -1.09. The molecule has 20 heavy (non-hydrogen) atoms. The molecule has 110 valence electrons. The number of rotatable bonds is 8. The van der Waals surface area contributed by atoms with E-state index in [0.29, 0.717) is 0 Å². The third-order valence-electron chi connectivity index (χ3n) is 4.16. The highest BCUT2D eigenvalue weighted by molar-refractivity contribution is 5.43. The van der Waals surface area contributed by atoms with E-state index in [4.69, 9.17) is 4.98 Å². The lowest BCUT2D eigenvalue weighted by Crippen LogP contribution is -2.28. The van der Waals surface area contributed by atoms with E-state index in [2.05, 4.69) is 36.2 Å². The Morgan fingerprint density at radius 1 is 1.25 bits per heavy atom. The summed E-state index contributed by atoms with van der Waals surface area (Å²) in [5.41, 5.74) is 2.53. The van der Waals surface area contributed by atoms with Crippen LogP contribution in [-0.2, 0) is 6.54 Å². The van der Waals surface area contributed by atoms with Gasteiger partial charge in [0.25, 0.3) is 0 Å². The second-order valence-electron chi connectivity index (χ2n) is 6.52. The van der Waals surface area contributed by atoms with E-state index in [1.54, 1.807) is 0 Å². The molecule has 1 aromatic heterocycles. The molecule has 0 atom stereocenters. The number of aryl methyl sites for hydroxylation is 1. The fourth-order valence-electron chi connectivity index (χ4n) is 2.72. The second-order valence-corrected chi connectivity index (χ2v) is 6.52. The molecule has 1 aromatic rings. The minimum absolute atomic E-state index is 0.769. The van der Waals surface area contributed by atoms with Crippen LogP contribution >= 0.6 is 0 Å². The van der Waals surface area contributed by atoms with E-state index < -0.39 is 0 Å². The average Bonchev–Trinajstić information content (AvgIpc) is 3.30. The molecule has 0 unspecified atom stereocenters. The monoisotopic (exact) mass is 273 g/mol. The summed E-state index contributed by atoms with van der Waals surface area (Å²) in [5.74, 6) is 2.10. The van der Waals surface area contributed by atoms with Crippen molar-refractivity contribution in [2.24, 2.45) is 5.92 Å². The molecule has 2 saturated carbocycles. The highest BCUT2D eigenvalue weighted by Gasteiger charge is 2.25. The van der Waals surface area contributed by atoms with Gasteiger partial charge >= 0.3 is 0 Å². The van der Waals surface area contributed by atoms with Gasteiger partial charge in [-0.05, 0) is 62.6 Å². The van der Waals surface area contributed by atoms with Gasteiger partial charge in [-0.15, -0.1) is 0 Å². The Morgan fingerprint density at radius 2 is 2.05 bits per heavy atom. The smallest absolute Gasteiger partial charge is 0.129 e. The van der Waals surface area contributed by atoms with E-state index >= 15 is 0 Å². The van der Waals surface area contributed by atoms with Crippen LogP contribution in [0.2, 0.25) is 0 Å². The van der Waals surface area contributed by atoms with Gasteiger partial charge in [-0.25, -0.2) is 4.98 Å². The minimum Gasteiger partial charge on any atom is -0.356 e. The van der Waals surface area contributed by atoms with Gasteiger partial charge in [0.15, 0.2) is 0 Å². The Bertz CT molecular complexity index is 450. The van der Waals surface area contributed by atoms with Crippen molar-refractivity contribution >= 4 is 5.82 Å². The third kappa shape index (κ3) is 3.95. The zero-order valence-corrected chi connectivity index (χ0v) is 12.9. The standard InChI is InChI=1S/C17H27N3/c1-3-8-20(12-14-4-5-14)17-10-15(9-13(2)19-17)11-18-16-6-7-16/h9-10,14,16,18H,3-8,11-12H2,1-2H3. The van der Waals surface area contributed by atoms with E-state index in [9.17, 15) is 0 Å². The van der Waals surface area contributed by atoms with Crippen molar-refractivity contribution < 1.29 is 0 Å². The van der Waals surface area contributed by atoms with Crippen LogP contribution in [-0.4, -0.2) is 24.1 Å². The van der Waals surface area contributed by atoms with Gasteiger partial charge in [0.05, 0.1) is 0 Å². The first-order chi connectivity index (χ1) is 9.74. The largest absolute Gasteiger partial charge is 0.356 e. The maximum absolute atomic E-state index is 4.77. The van der Waals surface area contributed by atoms with Gasteiger partial charge < -0.3 is 10.2 Å². The number of aromatic nitrogens is 1. The maximum atomic E-state index is 4.77. The van der Waals surface area contributed by atoms with Crippen molar-refractivity contribution in [1.82, 2.24) is 10.3 Å². The molecule has 1 N–H and O–H groups in total. The van der Waals surface area contributed by atoms with Gasteiger partial charge in [0.1, 0.15) is 5.82 Å². The molecule has 0 saturated heterocycles. The van der Waals surface area contributed by atoms with E-state index in [1.165, 1.54) is 50.0 Å².